The number of hydrogen-bond donors (Lipinski definition) is 0. The van der Waals surface area contributed by atoms with Gasteiger partial charge in [-0.3, -0.25) is 4.79 Å². The molecule has 0 fully saturated rings. The van der Waals surface area contributed by atoms with Gasteiger partial charge in [0.05, 0.1) is 6.57 Å². The molecule has 2 nitrogen and oxygen atoms in total. The number of carbonyl (C=O) groups excluding carboxylic acids is 1. The first-order valence-corrected chi connectivity index (χ1v) is 8.91. The predicted octanol–water partition coefficient (Wildman–Crippen LogP) is 5.43. The van der Waals surface area contributed by atoms with E-state index in [4.69, 9.17) is 6.57 Å². The predicted molar refractivity (Wildman–Crippen MR) is 102 cm³/mol. The number of fused-ring (bicyclic) bond motifs is 2. The van der Waals surface area contributed by atoms with Crippen LogP contribution in [-0.2, 0) is 19.3 Å². The van der Waals surface area contributed by atoms with Gasteiger partial charge in [0.15, 0.2) is 11.5 Å². The lowest BCUT2D eigenvalue weighted by Crippen LogP contribution is -2.28. The van der Waals surface area contributed by atoms with Crippen molar-refractivity contribution in [3.05, 3.63) is 100 Å². The van der Waals surface area contributed by atoms with Gasteiger partial charge in [-0.25, -0.2) is 4.85 Å². The van der Waals surface area contributed by atoms with Gasteiger partial charge in [-0.15, -0.1) is 0 Å². The first-order chi connectivity index (χ1) is 12.7. The Morgan fingerprint density at radius 2 is 1.46 bits per heavy atom. The van der Waals surface area contributed by atoms with Crippen LogP contribution in [0.5, 0.6) is 0 Å². The SMILES string of the molecule is [C-]#[N+]c1cccc(-c2ccc3c(c2)C(=O)C2(Cc4ccccc4C2)C3)c1. The van der Waals surface area contributed by atoms with Crippen molar-refractivity contribution < 1.29 is 4.79 Å². The standard InChI is InChI=1S/C24H17NO/c1-25-21-8-4-7-16(11-21)17-9-10-20-15-24(23(26)22(20)12-17)13-18-5-2-3-6-19(18)14-24/h2-12H,13-15H2. The Balaban J connectivity index is 1.54. The molecule has 3 aromatic carbocycles. The van der Waals surface area contributed by atoms with E-state index in [1.165, 1.54) is 11.1 Å². The molecule has 0 amide bonds. The fourth-order valence-corrected chi connectivity index (χ4v) is 4.59. The molecule has 0 saturated heterocycles. The van der Waals surface area contributed by atoms with Gasteiger partial charge in [0.1, 0.15) is 0 Å². The summed E-state index contributed by atoms with van der Waals surface area (Å²) in [5.74, 6) is 0.284. The van der Waals surface area contributed by atoms with Crippen LogP contribution >= 0.6 is 0 Å². The Labute approximate surface area is 152 Å². The van der Waals surface area contributed by atoms with Crippen LogP contribution in [0.15, 0.2) is 66.7 Å². The van der Waals surface area contributed by atoms with E-state index >= 15 is 0 Å². The van der Waals surface area contributed by atoms with Crippen molar-refractivity contribution in [3.8, 4) is 11.1 Å². The number of rotatable bonds is 1. The molecule has 26 heavy (non-hydrogen) atoms. The molecule has 3 aromatic rings. The molecular formula is C24H17NO. The van der Waals surface area contributed by atoms with Crippen LogP contribution in [-0.4, -0.2) is 5.78 Å². The van der Waals surface area contributed by atoms with E-state index in [1.807, 2.05) is 24.3 Å². The average Bonchev–Trinajstić information content (AvgIpc) is 3.18. The Morgan fingerprint density at radius 1 is 0.769 bits per heavy atom. The van der Waals surface area contributed by atoms with Gasteiger partial charge in [0.25, 0.3) is 0 Å². The van der Waals surface area contributed by atoms with Gasteiger partial charge in [0, 0.05) is 11.0 Å². The van der Waals surface area contributed by atoms with Crippen LogP contribution in [0.25, 0.3) is 16.0 Å². The quantitative estimate of drug-likeness (QED) is 0.543. The molecule has 0 radical (unpaired) electrons. The maximum atomic E-state index is 13.3. The van der Waals surface area contributed by atoms with Crippen molar-refractivity contribution in [2.24, 2.45) is 5.41 Å². The van der Waals surface area contributed by atoms with E-state index in [0.29, 0.717) is 5.69 Å². The summed E-state index contributed by atoms with van der Waals surface area (Å²) < 4.78 is 0. The van der Waals surface area contributed by atoms with E-state index < -0.39 is 0 Å². The molecule has 0 saturated carbocycles. The number of ketones is 1. The van der Waals surface area contributed by atoms with Crippen molar-refractivity contribution in [2.75, 3.05) is 0 Å². The molecule has 0 aromatic heterocycles. The maximum absolute atomic E-state index is 13.3. The van der Waals surface area contributed by atoms with Gasteiger partial charge >= 0.3 is 0 Å². The Bertz CT molecular complexity index is 1080. The van der Waals surface area contributed by atoms with Crippen molar-refractivity contribution >= 4 is 11.5 Å². The number of Topliss-reactive ketones (excluding diaryl/α,β-unsaturated/α-hetero) is 1. The van der Waals surface area contributed by atoms with Crippen molar-refractivity contribution in [2.45, 2.75) is 19.3 Å². The Morgan fingerprint density at radius 3 is 2.19 bits per heavy atom. The highest BCUT2D eigenvalue weighted by molar-refractivity contribution is 6.06. The smallest absolute Gasteiger partial charge is 0.187 e. The van der Waals surface area contributed by atoms with Crippen LogP contribution in [0.2, 0.25) is 0 Å². The first kappa shape index (κ1) is 15.1. The monoisotopic (exact) mass is 335 g/mol. The van der Waals surface area contributed by atoms with Crippen LogP contribution in [0, 0.1) is 12.0 Å². The maximum Gasteiger partial charge on any atom is 0.187 e. The van der Waals surface area contributed by atoms with Gasteiger partial charge in [-0.05, 0) is 59.2 Å². The summed E-state index contributed by atoms with van der Waals surface area (Å²) in [5, 5.41) is 0. The molecule has 2 aliphatic rings. The molecule has 1 spiro atoms. The molecule has 2 aliphatic carbocycles. The van der Waals surface area contributed by atoms with Crippen LogP contribution in [0.4, 0.5) is 5.69 Å². The van der Waals surface area contributed by atoms with Crippen LogP contribution in [0.3, 0.4) is 0 Å². The molecule has 0 unspecified atom stereocenters. The summed E-state index contributed by atoms with van der Waals surface area (Å²) in [5.41, 5.74) is 6.99. The lowest BCUT2D eigenvalue weighted by molar-refractivity contribution is 0.0831. The molecule has 0 heterocycles. The zero-order valence-corrected chi connectivity index (χ0v) is 14.3. The highest BCUT2D eigenvalue weighted by Crippen LogP contribution is 2.47. The van der Waals surface area contributed by atoms with E-state index in [9.17, 15) is 4.79 Å². The zero-order chi connectivity index (χ0) is 17.7. The fraction of sp³-hybridized carbons (Fsp3) is 0.167. The van der Waals surface area contributed by atoms with Crippen LogP contribution in [0.1, 0.15) is 27.0 Å². The molecule has 0 atom stereocenters. The van der Waals surface area contributed by atoms with Gasteiger partial charge in [0.2, 0.25) is 0 Å². The summed E-state index contributed by atoms with van der Waals surface area (Å²) in [6.45, 7) is 7.20. The van der Waals surface area contributed by atoms with Gasteiger partial charge < -0.3 is 0 Å². The Hall–Kier alpha value is -3.18. The fourth-order valence-electron chi connectivity index (χ4n) is 4.59. The number of carbonyl (C=O) groups is 1. The zero-order valence-electron chi connectivity index (χ0n) is 14.3. The van der Waals surface area contributed by atoms with E-state index in [-0.39, 0.29) is 11.2 Å². The lowest BCUT2D eigenvalue weighted by Gasteiger charge is -2.20. The molecule has 124 valence electrons. The minimum absolute atomic E-state index is 0.284. The number of hydrogen-bond acceptors (Lipinski definition) is 1. The molecule has 0 bridgehead atoms. The van der Waals surface area contributed by atoms with E-state index in [2.05, 4.69) is 41.2 Å². The Kier molecular flexibility index (Phi) is 3.14. The largest absolute Gasteiger partial charge is 0.294 e. The first-order valence-electron chi connectivity index (χ1n) is 8.91. The second-order valence-corrected chi connectivity index (χ2v) is 7.44. The topological polar surface area (TPSA) is 21.4 Å². The normalized spacial score (nSPS) is 16.3. The summed E-state index contributed by atoms with van der Waals surface area (Å²) >= 11 is 0. The average molecular weight is 335 g/mol. The summed E-state index contributed by atoms with van der Waals surface area (Å²) in [4.78, 5) is 16.9. The highest BCUT2D eigenvalue weighted by atomic mass is 16.1. The van der Waals surface area contributed by atoms with Crippen molar-refractivity contribution in [1.29, 1.82) is 0 Å². The molecule has 5 rings (SSSR count). The van der Waals surface area contributed by atoms with E-state index in [1.54, 1.807) is 6.07 Å². The van der Waals surface area contributed by atoms with Gasteiger partial charge in [-0.1, -0.05) is 54.6 Å². The van der Waals surface area contributed by atoms with Crippen molar-refractivity contribution in [1.82, 2.24) is 0 Å². The minimum Gasteiger partial charge on any atom is -0.294 e. The summed E-state index contributed by atoms with van der Waals surface area (Å²) in [7, 11) is 0. The van der Waals surface area contributed by atoms with Crippen molar-refractivity contribution in [3.63, 3.8) is 0 Å². The van der Waals surface area contributed by atoms with Gasteiger partial charge in [-0.2, -0.15) is 0 Å². The highest BCUT2D eigenvalue weighted by Gasteiger charge is 2.48. The molecule has 2 heteroatoms. The third-order valence-corrected chi connectivity index (χ3v) is 5.85. The minimum atomic E-state index is -0.289. The number of nitrogens with zero attached hydrogens (tertiary/aromatic N) is 1. The third-order valence-electron chi connectivity index (χ3n) is 5.85. The van der Waals surface area contributed by atoms with Crippen LogP contribution < -0.4 is 0 Å². The molecule has 0 aliphatic heterocycles. The van der Waals surface area contributed by atoms with E-state index in [0.717, 1.165) is 41.5 Å². The molecular weight excluding hydrogens is 318 g/mol. The summed E-state index contributed by atoms with van der Waals surface area (Å²) in [6, 6.07) is 22.2. The third kappa shape index (κ3) is 2.14. The second kappa shape index (κ2) is 5.41. The summed E-state index contributed by atoms with van der Waals surface area (Å²) in [6.07, 6.45) is 2.52. The lowest BCUT2D eigenvalue weighted by atomic mass is 9.81. The number of benzene rings is 3. The second-order valence-electron chi connectivity index (χ2n) is 7.44. The molecule has 0 N–H and O–H groups in total.